The van der Waals surface area contributed by atoms with Gasteiger partial charge in [-0.2, -0.15) is 0 Å². The van der Waals surface area contributed by atoms with Crippen LogP contribution in [0, 0.1) is 0 Å². The number of hydrogen-bond acceptors (Lipinski definition) is 5. The third-order valence-electron chi connectivity index (χ3n) is 6.57. The predicted molar refractivity (Wildman–Crippen MR) is 127 cm³/mol. The minimum absolute atomic E-state index is 0.987. The lowest BCUT2D eigenvalue weighted by molar-refractivity contribution is 0.215. The van der Waals surface area contributed by atoms with E-state index in [0.717, 1.165) is 43.3 Å². The monoisotopic (exact) mass is 413 g/mol. The number of likely N-dealkylation sites (tertiary alicyclic amines) is 1. The van der Waals surface area contributed by atoms with Gasteiger partial charge in [-0.05, 0) is 37.1 Å². The molecule has 0 radical (unpaired) electrons. The Morgan fingerprint density at radius 1 is 0.613 bits per heavy atom. The molecular weight excluding hydrogens is 382 g/mol. The normalized spacial score (nSPS) is 17.9. The summed E-state index contributed by atoms with van der Waals surface area (Å²) in [7, 11) is 0. The van der Waals surface area contributed by atoms with Gasteiger partial charge in [0.25, 0.3) is 0 Å². The largest absolute Gasteiger partial charge is 0.354 e. The van der Waals surface area contributed by atoms with Crippen LogP contribution in [-0.2, 0) is 0 Å². The quantitative estimate of drug-likeness (QED) is 0.610. The van der Waals surface area contributed by atoms with E-state index in [0.29, 0.717) is 0 Å². The van der Waals surface area contributed by atoms with Crippen molar-refractivity contribution in [3.8, 4) is 22.4 Å². The molecule has 0 bridgehead atoms. The number of rotatable bonds is 6. The highest BCUT2D eigenvalue weighted by molar-refractivity contribution is 5.69. The average Bonchev–Trinajstić information content (AvgIpc) is 3.38. The van der Waals surface area contributed by atoms with Crippen molar-refractivity contribution >= 4 is 5.82 Å². The average molecular weight is 414 g/mol. The van der Waals surface area contributed by atoms with Crippen molar-refractivity contribution in [2.24, 2.45) is 0 Å². The van der Waals surface area contributed by atoms with E-state index in [4.69, 9.17) is 0 Å². The smallest absolute Gasteiger partial charge is 0.132 e. The Kier molecular flexibility index (Phi) is 6.23. The van der Waals surface area contributed by atoms with Crippen LogP contribution in [-0.4, -0.2) is 72.1 Å². The maximum Gasteiger partial charge on any atom is 0.132 e. The second-order valence-electron chi connectivity index (χ2n) is 8.58. The zero-order valence-corrected chi connectivity index (χ0v) is 18.2. The van der Waals surface area contributed by atoms with Crippen molar-refractivity contribution in [2.75, 3.05) is 57.3 Å². The zero-order chi connectivity index (χ0) is 20.9. The molecule has 2 aromatic carbocycles. The van der Waals surface area contributed by atoms with Gasteiger partial charge in [-0.1, -0.05) is 54.6 Å². The molecule has 5 nitrogen and oxygen atoms in total. The number of hydrogen-bond donors (Lipinski definition) is 0. The standard InChI is InChI=1S/C26H31N5/c1-2-6-22(7-3-1)23-8-10-24(11-9-23)25-20-26(28-21-27-25)31-18-16-30(17-19-31)15-14-29-12-4-5-13-29/h1-3,6-11,20-21H,4-5,12-19H2. The molecule has 0 spiro atoms. The third-order valence-corrected chi connectivity index (χ3v) is 6.57. The molecule has 0 aliphatic carbocycles. The van der Waals surface area contributed by atoms with Gasteiger partial charge < -0.3 is 9.80 Å². The highest BCUT2D eigenvalue weighted by Gasteiger charge is 2.20. The number of anilines is 1. The van der Waals surface area contributed by atoms with Crippen molar-refractivity contribution in [3.63, 3.8) is 0 Å². The van der Waals surface area contributed by atoms with Crippen molar-refractivity contribution in [1.29, 1.82) is 0 Å². The lowest BCUT2D eigenvalue weighted by Gasteiger charge is -2.36. The van der Waals surface area contributed by atoms with Gasteiger partial charge in [0.1, 0.15) is 12.1 Å². The molecule has 31 heavy (non-hydrogen) atoms. The first-order chi connectivity index (χ1) is 15.3. The van der Waals surface area contributed by atoms with Crippen LogP contribution in [0.2, 0.25) is 0 Å². The Morgan fingerprint density at radius 3 is 1.94 bits per heavy atom. The first kappa shape index (κ1) is 20.2. The van der Waals surface area contributed by atoms with E-state index in [1.165, 1.54) is 50.1 Å². The summed E-state index contributed by atoms with van der Waals surface area (Å²) in [5, 5.41) is 0. The predicted octanol–water partition coefficient (Wildman–Crippen LogP) is 4.03. The van der Waals surface area contributed by atoms with Gasteiger partial charge >= 0.3 is 0 Å². The first-order valence-electron chi connectivity index (χ1n) is 11.5. The van der Waals surface area contributed by atoms with E-state index in [2.05, 4.69) is 79.3 Å². The Morgan fingerprint density at radius 2 is 1.23 bits per heavy atom. The van der Waals surface area contributed by atoms with E-state index in [1.54, 1.807) is 6.33 Å². The number of piperazine rings is 1. The van der Waals surface area contributed by atoms with Crippen LogP contribution < -0.4 is 4.90 Å². The topological polar surface area (TPSA) is 35.5 Å². The number of aromatic nitrogens is 2. The van der Waals surface area contributed by atoms with Gasteiger partial charge in [-0.25, -0.2) is 9.97 Å². The Hall–Kier alpha value is -2.76. The minimum atomic E-state index is 0.987. The molecule has 0 unspecified atom stereocenters. The van der Waals surface area contributed by atoms with E-state index >= 15 is 0 Å². The SMILES string of the molecule is c1ccc(-c2ccc(-c3cc(N4CCN(CCN5CCCC5)CC4)ncn3)cc2)cc1. The molecule has 0 amide bonds. The van der Waals surface area contributed by atoms with Crippen LogP contribution in [0.1, 0.15) is 12.8 Å². The van der Waals surface area contributed by atoms with E-state index < -0.39 is 0 Å². The Labute approximate surface area is 185 Å². The van der Waals surface area contributed by atoms with Crippen molar-refractivity contribution in [1.82, 2.24) is 19.8 Å². The van der Waals surface area contributed by atoms with Crippen molar-refractivity contribution in [3.05, 3.63) is 67.0 Å². The molecule has 0 N–H and O–H groups in total. The fourth-order valence-corrected chi connectivity index (χ4v) is 4.63. The highest BCUT2D eigenvalue weighted by Crippen LogP contribution is 2.25. The molecule has 5 rings (SSSR count). The fourth-order valence-electron chi connectivity index (χ4n) is 4.63. The summed E-state index contributed by atoms with van der Waals surface area (Å²) in [6, 6.07) is 21.3. The fraction of sp³-hybridized carbons (Fsp3) is 0.385. The van der Waals surface area contributed by atoms with E-state index in [1.807, 2.05) is 6.07 Å². The van der Waals surface area contributed by atoms with Gasteiger partial charge in [0.2, 0.25) is 0 Å². The minimum Gasteiger partial charge on any atom is -0.354 e. The number of benzene rings is 2. The van der Waals surface area contributed by atoms with E-state index in [-0.39, 0.29) is 0 Å². The van der Waals surface area contributed by atoms with Crippen LogP contribution in [0.3, 0.4) is 0 Å². The van der Waals surface area contributed by atoms with Gasteiger partial charge in [0.05, 0.1) is 5.69 Å². The molecule has 0 atom stereocenters. The second kappa shape index (κ2) is 9.58. The summed E-state index contributed by atoms with van der Waals surface area (Å²) in [5.74, 6) is 1.04. The van der Waals surface area contributed by atoms with Crippen LogP contribution in [0.5, 0.6) is 0 Å². The molecule has 5 heteroatoms. The molecule has 3 heterocycles. The van der Waals surface area contributed by atoms with Crippen LogP contribution >= 0.6 is 0 Å². The van der Waals surface area contributed by atoms with Crippen molar-refractivity contribution < 1.29 is 0 Å². The lowest BCUT2D eigenvalue weighted by Crippen LogP contribution is -2.48. The summed E-state index contributed by atoms with van der Waals surface area (Å²) in [6.45, 7) is 9.27. The molecule has 2 aliphatic heterocycles. The third kappa shape index (κ3) is 4.94. The van der Waals surface area contributed by atoms with Crippen LogP contribution in [0.15, 0.2) is 67.0 Å². The maximum absolute atomic E-state index is 4.58. The van der Waals surface area contributed by atoms with Crippen LogP contribution in [0.4, 0.5) is 5.82 Å². The zero-order valence-electron chi connectivity index (χ0n) is 18.2. The van der Waals surface area contributed by atoms with E-state index in [9.17, 15) is 0 Å². The summed E-state index contributed by atoms with van der Waals surface area (Å²) < 4.78 is 0. The Balaban J connectivity index is 1.20. The summed E-state index contributed by atoms with van der Waals surface area (Å²) in [6.07, 6.45) is 4.45. The highest BCUT2D eigenvalue weighted by atomic mass is 15.3. The number of nitrogens with zero attached hydrogens (tertiary/aromatic N) is 5. The summed E-state index contributed by atoms with van der Waals surface area (Å²) in [5.41, 5.74) is 4.58. The van der Waals surface area contributed by atoms with Gasteiger partial charge in [0, 0.05) is 50.9 Å². The summed E-state index contributed by atoms with van der Waals surface area (Å²) >= 11 is 0. The van der Waals surface area contributed by atoms with Gasteiger partial charge in [-0.15, -0.1) is 0 Å². The molecule has 160 valence electrons. The molecule has 1 aromatic heterocycles. The molecule has 3 aromatic rings. The molecule has 2 fully saturated rings. The molecule has 2 aliphatic rings. The Bertz CT molecular complexity index is 959. The molecule has 2 saturated heterocycles. The molecule has 0 saturated carbocycles. The van der Waals surface area contributed by atoms with Crippen LogP contribution in [0.25, 0.3) is 22.4 Å². The van der Waals surface area contributed by atoms with Crippen molar-refractivity contribution in [2.45, 2.75) is 12.8 Å². The first-order valence-corrected chi connectivity index (χ1v) is 11.5. The lowest BCUT2D eigenvalue weighted by atomic mass is 10.0. The second-order valence-corrected chi connectivity index (χ2v) is 8.58. The van der Waals surface area contributed by atoms with Gasteiger partial charge in [-0.3, -0.25) is 4.90 Å². The molecular formula is C26H31N5. The van der Waals surface area contributed by atoms with Gasteiger partial charge in [0.15, 0.2) is 0 Å². The maximum atomic E-state index is 4.58. The summed E-state index contributed by atoms with van der Waals surface area (Å²) in [4.78, 5) is 16.7.